The topological polar surface area (TPSA) is 69.6 Å². The minimum absolute atomic E-state index is 0.0202. The quantitative estimate of drug-likeness (QED) is 0.0420. The molecule has 2 unspecified atom stereocenters. The summed E-state index contributed by atoms with van der Waals surface area (Å²) in [7, 11) is 0. The lowest BCUT2D eigenvalue weighted by Crippen LogP contribution is -2.45. The molecule has 4 nitrogen and oxygen atoms in total. The van der Waals surface area contributed by atoms with E-state index in [0.717, 1.165) is 25.7 Å². The number of carbonyl (C=O) groups is 1. The minimum atomic E-state index is -0.658. The molecule has 0 rings (SSSR count). The van der Waals surface area contributed by atoms with Crippen LogP contribution in [-0.2, 0) is 4.79 Å². The first-order valence-corrected chi connectivity index (χ1v) is 36.4. The Morgan fingerprint density at radius 2 is 0.494 bits per heavy atom. The predicted molar refractivity (Wildman–Crippen MR) is 346 cm³/mol. The van der Waals surface area contributed by atoms with Crippen LogP contribution in [0.25, 0.3) is 0 Å². The van der Waals surface area contributed by atoms with E-state index >= 15 is 0 Å². The van der Waals surface area contributed by atoms with Crippen molar-refractivity contribution >= 4 is 5.91 Å². The number of aliphatic hydroxyl groups is 2. The SMILES string of the molecule is CCCCCCCCCC/C=C\CCCCCCCCCCCCCCCCCCCCCCCC(=O)NC(CO)C(O)CCCCCCCCCCCCCCCCCCCCCCCCCCCCCCCCCC. The zero-order valence-electron chi connectivity index (χ0n) is 53.3. The highest BCUT2D eigenvalue weighted by atomic mass is 16.3. The van der Waals surface area contributed by atoms with Crippen LogP contribution in [-0.4, -0.2) is 34.9 Å². The highest BCUT2D eigenvalue weighted by molar-refractivity contribution is 5.76. The number of nitrogens with one attached hydrogen (secondary N) is 1. The zero-order valence-corrected chi connectivity index (χ0v) is 53.3. The first kappa shape index (κ1) is 76.1. The number of hydrogen-bond acceptors (Lipinski definition) is 3. The van der Waals surface area contributed by atoms with Crippen molar-refractivity contribution in [1.29, 1.82) is 0 Å². The van der Waals surface area contributed by atoms with Gasteiger partial charge in [0.1, 0.15) is 0 Å². The monoisotopic (exact) mass is 1080 g/mol. The molecule has 4 heteroatoms. The van der Waals surface area contributed by atoms with Gasteiger partial charge in [-0.2, -0.15) is 0 Å². The molecule has 0 radical (unpaired) electrons. The van der Waals surface area contributed by atoms with Crippen LogP contribution >= 0.6 is 0 Å². The number of hydrogen-bond donors (Lipinski definition) is 3. The molecule has 0 aromatic carbocycles. The molecule has 0 bridgehead atoms. The lowest BCUT2D eigenvalue weighted by atomic mass is 10.0. The predicted octanol–water partition coefficient (Wildman–Crippen LogP) is 24.8. The first-order valence-electron chi connectivity index (χ1n) is 36.4. The smallest absolute Gasteiger partial charge is 0.220 e. The van der Waals surface area contributed by atoms with Crippen LogP contribution in [0.15, 0.2) is 12.2 Å². The van der Waals surface area contributed by atoms with Gasteiger partial charge < -0.3 is 15.5 Å². The number of aliphatic hydroxyl groups excluding tert-OH is 2. The fourth-order valence-corrected chi connectivity index (χ4v) is 12.0. The molecule has 0 aliphatic heterocycles. The van der Waals surface area contributed by atoms with Gasteiger partial charge in [-0.15, -0.1) is 0 Å². The van der Waals surface area contributed by atoms with E-state index in [9.17, 15) is 15.0 Å². The highest BCUT2D eigenvalue weighted by Gasteiger charge is 2.20. The molecule has 2 atom stereocenters. The average Bonchev–Trinajstić information content (AvgIpc) is 3.43. The summed E-state index contributed by atoms with van der Waals surface area (Å²) >= 11 is 0. The molecule has 0 spiro atoms. The van der Waals surface area contributed by atoms with Crippen molar-refractivity contribution in [1.82, 2.24) is 5.32 Å². The molecule has 77 heavy (non-hydrogen) atoms. The van der Waals surface area contributed by atoms with Gasteiger partial charge in [0.15, 0.2) is 0 Å². The maximum Gasteiger partial charge on any atom is 0.220 e. The standard InChI is InChI=1S/C73H145NO3/c1-3-5-7-9-11-13-15-17-19-21-23-25-27-29-31-33-35-37-39-41-43-45-47-49-51-53-55-57-59-61-63-65-67-69-73(77)74-71(70-75)72(76)68-66-64-62-60-58-56-54-52-50-48-46-44-42-40-38-36-34-32-30-28-26-24-22-20-18-16-14-12-10-8-6-4-2/h21,23,71-72,75-76H,3-20,22,24-70H2,1-2H3,(H,74,77)/b23-21-. The Hall–Kier alpha value is -0.870. The van der Waals surface area contributed by atoms with E-state index in [1.807, 2.05) is 0 Å². The van der Waals surface area contributed by atoms with Crippen LogP contribution < -0.4 is 5.32 Å². The molecule has 460 valence electrons. The Morgan fingerprint density at radius 1 is 0.299 bits per heavy atom. The zero-order chi connectivity index (χ0) is 55.5. The lowest BCUT2D eigenvalue weighted by Gasteiger charge is -2.22. The molecule has 0 saturated carbocycles. The summed E-state index contributed by atoms with van der Waals surface area (Å²) in [6, 6.07) is -0.535. The van der Waals surface area contributed by atoms with Crippen molar-refractivity contribution in [3.8, 4) is 0 Å². The number of rotatable bonds is 69. The van der Waals surface area contributed by atoms with Crippen LogP contribution in [0.2, 0.25) is 0 Å². The van der Waals surface area contributed by atoms with Gasteiger partial charge >= 0.3 is 0 Å². The average molecular weight is 1080 g/mol. The molecule has 0 aromatic heterocycles. The van der Waals surface area contributed by atoms with Crippen LogP contribution in [0, 0.1) is 0 Å². The van der Waals surface area contributed by atoms with Crippen molar-refractivity contribution in [2.45, 2.75) is 443 Å². The van der Waals surface area contributed by atoms with E-state index < -0.39 is 12.1 Å². The van der Waals surface area contributed by atoms with Gasteiger partial charge in [-0.3, -0.25) is 4.79 Å². The normalized spacial score (nSPS) is 12.6. The van der Waals surface area contributed by atoms with Gasteiger partial charge in [-0.05, 0) is 38.5 Å². The van der Waals surface area contributed by atoms with E-state index in [1.54, 1.807) is 0 Å². The Morgan fingerprint density at radius 3 is 0.714 bits per heavy atom. The molecule has 0 aromatic rings. The summed E-state index contributed by atoms with van der Waals surface area (Å²) in [5, 5.41) is 23.5. The largest absolute Gasteiger partial charge is 0.394 e. The minimum Gasteiger partial charge on any atom is -0.394 e. The maximum atomic E-state index is 12.6. The van der Waals surface area contributed by atoms with Crippen molar-refractivity contribution in [3.63, 3.8) is 0 Å². The van der Waals surface area contributed by atoms with Crippen molar-refractivity contribution in [3.05, 3.63) is 12.2 Å². The van der Waals surface area contributed by atoms with Gasteiger partial charge in [0.05, 0.1) is 18.8 Å². The van der Waals surface area contributed by atoms with E-state index in [-0.39, 0.29) is 12.5 Å². The molecular formula is C73H145NO3. The van der Waals surface area contributed by atoms with Gasteiger partial charge in [0.25, 0.3) is 0 Å². The van der Waals surface area contributed by atoms with Gasteiger partial charge in [0.2, 0.25) is 5.91 Å². The summed E-state index contributed by atoms with van der Waals surface area (Å²) in [5.74, 6) is -0.0202. The lowest BCUT2D eigenvalue weighted by molar-refractivity contribution is -0.123. The van der Waals surface area contributed by atoms with Crippen molar-refractivity contribution < 1.29 is 15.0 Å². The summed E-state index contributed by atoms with van der Waals surface area (Å²) < 4.78 is 0. The molecule has 0 fully saturated rings. The summed E-state index contributed by atoms with van der Waals surface area (Å²) in [5.41, 5.74) is 0. The van der Waals surface area contributed by atoms with E-state index in [4.69, 9.17) is 0 Å². The number of carbonyl (C=O) groups excluding carboxylic acids is 1. The van der Waals surface area contributed by atoms with Crippen LogP contribution in [0.4, 0.5) is 0 Å². The Labute approximate surface area is 486 Å². The van der Waals surface area contributed by atoms with Crippen LogP contribution in [0.1, 0.15) is 431 Å². The molecule has 0 heterocycles. The second-order valence-electron chi connectivity index (χ2n) is 25.4. The second-order valence-corrected chi connectivity index (χ2v) is 25.4. The van der Waals surface area contributed by atoms with Crippen molar-refractivity contribution in [2.24, 2.45) is 0 Å². The van der Waals surface area contributed by atoms with Gasteiger partial charge in [0, 0.05) is 6.42 Å². The number of amides is 1. The fourth-order valence-electron chi connectivity index (χ4n) is 12.0. The summed E-state index contributed by atoms with van der Waals surface area (Å²) in [4.78, 5) is 12.6. The maximum absolute atomic E-state index is 12.6. The fraction of sp³-hybridized carbons (Fsp3) is 0.959. The van der Waals surface area contributed by atoms with E-state index in [2.05, 4.69) is 31.3 Å². The Balaban J connectivity index is 3.36. The first-order chi connectivity index (χ1) is 38.2. The third-order valence-corrected chi connectivity index (χ3v) is 17.5. The molecule has 1 amide bonds. The molecule has 0 saturated heterocycles. The molecule has 3 N–H and O–H groups in total. The molecule has 0 aliphatic rings. The molecular weight excluding hydrogens is 939 g/mol. The van der Waals surface area contributed by atoms with Crippen molar-refractivity contribution in [2.75, 3.05) is 6.61 Å². The van der Waals surface area contributed by atoms with Crippen LogP contribution in [0.5, 0.6) is 0 Å². The van der Waals surface area contributed by atoms with Gasteiger partial charge in [-0.1, -0.05) is 398 Å². The second kappa shape index (κ2) is 69.4. The Kier molecular flexibility index (Phi) is 68.6. The van der Waals surface area contributed by atoms with E-state index in [0.29, 0.717) is 12.8 Å². The van der Waals surface area contributed by atoms with E-state index in [1.165, 1.54) is 379 Å². The highest BCUT2D eigenvalue weighted by Crippen LogP contribution is 2.20. The number of unbranched alkanes of at least 4 members (excludes halogenated alkanes) is 60. The molecule has 0 aliphatic carbocycles. The summed E-state index contributed by atoms with van der Waals surface area (Å²) in [6.45, 7) is 4.42. The van der Waals surface area contributed by atoms with Gasteiger partial charge in [-0.25, -0.2) is 0 Å². The Bertz CT molecular complexity index is 1090. The van der Waals surface area contributed by atoms with Crippen LogP contribution in [0.3, 0.4) is 0 Å². The number of allylic oxidation sites excluding steroid dienone is 2. The third kappa shape index (κ3) is 65.8. The summed E-state index contributed by atoms with van der Waals surface area (Å²) in [6.07, 6.45) is 92.9. The third-order valence-electron chi connectivity index (χ3n) is 17.5.